The van der Waals surface area contributed by atoms with Gasteiger partial charge >= 0.3 is 6.29 Å². The lowest BCUT2D eigenvalue weighted by Crippen LogP contribution is -2.47. The summed E-state index contributed by atoms with van der Waals surface area (Å²) in [7, 11) is 0. The molecule has 0 spiro atoms. The first-order valence-corrected chi connectivity index (χ1v) is 7.38. The molecule has 3 rings (SSSR count). The SMILES string of the molecule is OCC1CC(O)CCN1CCc1ccc2c(c1)OC(F)(F)O2. The Morgan fingerprint density at radius 1 is 1.27 bits per heavy atom. The van der Waals surface area contributed by atoms with E-state index in [1.54, 1.807) is 12.1 Å². The third-order valence-corrected chi connectivity index (χ3v) is 4.17. The first-order chi connectivity index (χ1) is 10.5. The van der Waals surface area contributed by atoms with Gasteiger partial charge in [-0.2, -0.15) is 0 Å². The number of fused-ring (bicyclic) bond motifs is 1. The molecule has 2 atom stereocenters. The fourth-order valence-electron chi connectivity index (χ4n) is 2.98. The zero-order valence-corrected chi connectivity index (χ0v) is 12.0. The molecule has 122 valence electrons. The van der Waals surface area contributed by atoms with E-state index in [1.165, 1.54) is 6.07 Å². The number of nitrogens with zero attached hydrogens (tertiary/aromatic N) is 1. The maximum absolute atomic E-state index is 13.0. The number of piperidine rings is 1. The molecule has 2 aliphatic rings. The summed E-state index contributed by atoms with van der Waals surface area (Å²) < 4.78 is 34.8. The zero-order chi connectivity index (χ0) is 15.7. The van der Waals surface area contributed by atoms with Crippen LogP contribution in [0.25, 0.3) is 0 Å². The number of benzene rings is 1. The summed E-state index contributed by atoms with van der Waals surface area (Å²) in [6.07, 6.45) is -2.06. The highest BCUT2D eigenvalue weighted by atomic mass is 19.3. The van der Waals surface area contributed by atoms with E-state index >= 15 is 0 Å². The third-order valence-electron chi connectivity index (χ3n) is 4.17. The minimum atomic E-state index is -3.59. The van der Waals surface area contributed by atoms with E-state index in [2.05, 4.69) is 14.4 Å². The smallest absolute Gasteiger partial charge is 0.395 e. The molecule has 0 aliphatic carbocycles. The fourth-order valence-corrected chi connectivity index (χ4v) is 2.98. The van der Waals surface area contributed by atoms with Crippen LogP contribution >= 0.6 is 0 Å². The molecule has 7 heteroatoms. The van der Waals surface area contributed by atoms with Crippen molar-refractivity contribution in [1.82, 2.24) is 4.90 Å². The van der Waals surface area contributed by atoms with Gasteiger partial charge in [-0.25, -0.2) is 0 Å². The lowest BCUT2D eigenvalue weighted by molar-refractivity contribution is -0.286. The van der Waals surface area contributed by atoms with Crippen molar-refractivity contribution in [1.29, 1.82) is 0 Å². The second-order valence-corrected chi connectivity index (χ2v) is 5.75. The predicted octanol–water partition coefficient (Wildman–Crippen LogP) is 1.37. The van der Waals surface area contributed by atoms with Crippen molar-refractivity contribution in [2.24, 2.45) is 0 Å². The molecule has 5 nitrogen and oxygen atoms in total. The van der Waals surface area contributed by atoms with Crippen LogP contribution in [0.2, 0.25) is 0 Å². The van der Waals surface area contributed by atoms with Crippen molar-refractivity contribution < 1.29 is 28.5 Å². The van der Waals surface area contributed by atoms with E-state index in [9.17, 15) is 19.0 Å². The lowest BCUT2D eigenvalue weighted by atomic mass is 9.99. The number of aliphatic hydroxyl groups is 2. The van der Waals surface area contributed by atoms with Gasteiger partial charge in [0, 0.05) is 19.1 Å². The van der Waals surface area contributed by atoms with E-state index in [0.29, 0.717) is 25.8 Å². The second-order valence-electron chi connectivity index (χ2n) is 5.75. The Bertz CT molecular complexity index is 540. The molecular weight excluding hydrogens is 296 g/mol. The zero-order valence-electron chi connectivity index (χ0n) is 12.0. The van der Waals surface area contributed by atoms with Gasteiger partial charge in [-0.1, -0.05) is 6.07 Å². The van der Waals surface area contributed by atoms with Gasteiger partial charge in [-0.3, -0.25) is 4.90 Å². The van der Waals surface area contributed by atoms with Gasteiger partial charge in [0.15, 0.2) is 11.5 Å². The van der Waals surface area contributed by atoms with Gasteiger partial charge in [0.05, 0.1) is 12.7 Å². The topological polar surface area (TPSA) is 62.2 Å². The molecule has 0 aromatic heterocycles. The van der Waals surface area contributed by atoms with Crippen LogP contribution in [-0.4, -0.2) is 53.2 Å². The number of alkyl halides is 2. The summed E-state index contributed by atoms with van der Waals surface area (Å²) in [5.41, 5.74) is 0.864. The summed E-state index contributed by atoms with van der Waals surface area (Å²) in [5.74, 6) is 0.0957. The minimum Gasteiger partial charge on any atom is -0.395 e. The predicted molar refractivity (Wildman–Crippen MR) is 74.0 cm³/mol. The number of aliphatic hydroxyl groups excluding tert-OH is 2. The van der Waals surface area contributed by atoms with E-state index in [0.717, 1.165) is 12.1 Å². The second kappa shape index (κ2) is 5.98. The number of likely N-dealkylation sites (tertiary alicyclic amines) is 1. The van der Waals surface area contributed by atoms with Gasteiger partial charge in [0.1, 0.15) is 0 Å². The van der Waals surface area contributed by atoms with Crippen LogP contribution in [0.15, 0.2) is 18.2 Å². The van der Waals surface area contributed by atoms with Crippen LogP contribution < -0.4 is 9.47 Å². The lowest BCUT2D eigenvalue weighted by Gasteiger charge is -2.36. The Morgan fingerprint density at radius 3 is 2.82 bits per heavy atom. The molecule has 1 aromatic rings. The number of hydrogen-bond donors (Lipinski definition) is 2. The summed E-state index contributed by atoms with van der Waals surface area (Å²) in [6, 6.07) is 4.72. The third kappa shape index (κ3) is 3.31. The highest BCUT2D eigenvalue weighted by Gasteiger charge is 2.43. The molecule has 22 heavy (non-hydrogen) atoms. The highest BCUT2D eigenvalue weighted by Crippen LogP contribution is 2.41. The van der Waals surface area contributed by atoms with Crippen molar-refractivity contribution in [3.8, 4) is 11.5 Å². The first-order valence-electron chi connectivity index (χ1n) is 7.38. The molecule has 2 unspecified atom stereocenters. The largest absolute Gasteiger partial charge is 0.586 e. The number of ether oxygens (including phenoxy) is 2. The van der Waals surface area contributed by atoms with Crippen molar-refractivity contribution in [2.45, 2.75) is 37.7 Å². The number of hydrogen-bond acceptors (Lipinski definition) is 5. The minimum absolute atomic E-state index is 0.00439. The average Bonchev–Trinajstić information content (AvgIpc) is 2.78. The average molecular weight is 315 g/mol. The van der Waals surface area contributed by atoms with Crippen LogP contribution in [0, 0.1) is 0 Å². The highest BCUT2D eigenvalue weighted by molar-refractivity contribution is 5.45. The van der Waals surface area contributed by atoms with E-state index in [4.69, 9.17) is 0 Å². The normalized spacial score (nSPS) is 27.1. The van der Waals surface area contributed by atoms with Gasteiger partial charge in [0.25, 0.3) is 0 Å². The monoisotopic (exact) mass is 315 g/mol. The molecular formula is C15H19F2NO4. The Balaban J connectivity index is 1.61. The Labute approximate surface area is 127 Å². The Kier molecular flexibility index (Phi) is 4.20. The molecule has 0 radical (unpaired) electrons. The standard InChI is InChI=1S/C15H19F2NO4/c16-15(17)21-13-2-1-10(7-14(13)22-15)3-5-18-6-4-12(20)8-11(18)9-19/h1-2,7,11-12,19-20H,3-6,8-9H2. The van der Waals surface area contributed by atoms with Crippen LogP contribution in [0.3, 0.4) is 0 Å². The molecule has 2 N–H and O–H groups in total. The van der Waals surface area contributed by atoms with Gasteiger partial charge in [0.2, 0.25) is 0 Å². The van der Waals surface area contributed by atoms with E-state index in [1.807, 2.05) is 0 Å². The Hall–Kier alpha value is -1.44. The van der Waals surface area contributed by atoms with E-state index in [-0.39, 0.29) is 30.3 Å². The molecule has 0 saturated carbocycles. The fraction of sp³-hybridized carbons (Fsp3) is 0.600. The van der Waals surface area contributed by atoms with Crippen LogP contribution in [0.4, 0.5) is 8.78 Å². The number of halogens is 2. The van der Waals surface area contributed by atoms with Gasteiger partial charge in [-0.05, 0) is 37.0 Å². The number of rotatable bonds is 4. The van der Waals surface area contributed by atoms with Crippen molar-refractivity contribution in [2.75, 3.05) is 19.7 Å². The van der Waals surface area contributed by atoms with E-state index < -0.39 is 6.29 Å². The van der Waals surface area contributed by atoms with Crippen molar-refractivity contribution in [3.05, 3.63) is 23.8 Å². The van der Waals surface area contributed by atoms with Crippen LogP contribution in [-0.2, 0) is 6.42 Å². The molecule has 1 aromatic carbocycles. The van der Waals surface area contributed by atoms with Gasteiger partial charge < -0.3 is 19.7 Å². The summed E-state index contributed by atoms with van der Waals surface area (Å²) in [6.45, 7) is 1.41. The first kappa shape index (κ1) is 15.5. The molecule has 2 heterocycles. The molecule has 0 bridgehead atoms. The summed E-state index contributed by atoms with van der Waals surface area (Å²) >= 11 is 0. The maximum Gasteiger partial charge on any atom is 0.586 e. The Morgan fingerprint density at radius 2 is 2.05 bits per heavy atom. The molecule has 2 aliphatic heterocycles. The molecule has 1 fully saturated rings. The maximum atomic E-state index is 13.0. The van der Waals surface area contributed by atoms with Crippen LogP contribution in [0.5, 0.6) is 11.5 Å². The van der Waals surface area contributed by atoms with Crippen molar-refractivity contribution in [3.63, 3.8) is 0 Å². The quantitative estimate of drug-likeness (QED) is 0.879. The van der Waals surface area contributed by atoms with Crippen LogP contribution in [0.1, 0.15) is 18.4 Å². The summed E-state index contributed by atoms with van der Waals surface area (Å²) in [4.78, 5) is 2.12. The summed E-state index contributed by atoms with van der Waals surface area (Å²) in [5, 5.41) is 19.0. The van der Waals surface area contributed by atoms with Crippen molar-refractivity contribution >= 4 is 0 Å². The molecule has 0 amide bonds. The van der Waals surface area contributed by atoms with Gasteiger partial charge in [-0.15, -0.1) is 8.78 Å². The molecule has 1 saturated heterocycles.